The van der Waals surface area contributed by atoms with Crippen LogP contribution < -0.4 is 10.1 Å². The van der Waals surface area contributed by atoms with Crippen molar-refractivity contribution in [2.24, 2.45) is 0 Å². The molecule has 0 aliphatic carbocycles. The lowest BCUT2D eigenvalue weighted by molar-refractivity contribution is 0.0702. The zero-order valence-corrected chi connectivity index (χ0v) is 7.85. The molecule has 0 bridgehead atoms. The van der Waals surface area contributed by atoms with Gasteiger partial charge in [-0.1, -0.05) is 11.3 Å². The molecule has 1 aliphatic heterocycles. The molecule has 1 atom stereocenters. The zero-order chi connectivity index (χ0) is 9.42. The van der Waals surface area contributed by atoms with E-state index in [4.69, 9.17) is 9.84 Å². The molecule has 4 nitrogen and oxygen atoms in total. The van der Waals surface area contributed by atoms with E-state index in [1.54, 1.807) is 6.07 Å². The molecule has 70 valence electrons. The average Bonchev–Trinajstić information content (AvgIpc) is 2.46. The van der Waals surface area contributed by atoms with Crippen molar-refractivity contribution in [3.8, 4) is 5.06 Å². The Labute approximate surface area is 79.1 Å². The summed E-state index contributed by atoms with van der Waals surface area (Å²) in [5.74, 6) is -0.905. The van der Waals surface area contributed by atoms with Crippen molar-refractivity contribution in [2.45, 2.75) is 13.0 Å². The molecule has 1 aliphatic rings. The summed E-state index contributed by atoms with van der Waals surface area (Å²) < 4.78 is 5.46. The predicted octanol–water partition coefficient (Wildman–Crippen LogP) is 1.64. The van der Waals surface area contributed by atoms with Crippen LogP contribution >= 0.6 is 11.3 Å². The van der Waals surface area contributed by atoms with E-state index in [-0.39, 0.29) is 6.10 Å². The minimum absolute atomic E-state index is 0.104. The summed E-state index contributed by atoms with van der Waals surface area (Å²) in [6.07, 6.45) is 0.104. The van der Waals surface area contributed by atoms with Crippen LogP contribution in [-0.2, 0) is 0 Å². The minimum Gasteiger partial charge on any atom is -0.477 e. The number of ether oxygens (including phenoxy) is 1. The van der Waals surface area contributed by atoms with Gasteiger partial charge >= 0.3 is 5.97 Å². The largest absolute Gasteiger partial charge is 0.477 e. The van der Waals surface area contributed by atoms with Crippen molar-refractivity contribution in [3.05, 3.63) is 10.9 Å². The lowest BCUT2D eigenvalue weighted by Crippen LogP contribution is -2.26. The Morgan fingerprint density at radius 2 is 2.62 bits per heavy atom. The second-order valence-electron chi connectivity index (χ2n) is 2.93. The number of hydrogen-bond acceptors (Lipinski definition) is 4. The monoisotopic (exact) mass is 199 g/mol. The van der Waals surface area contributed by atoms with Crippen LogP contribution in [0.3, 0.4) is 0 Å². The molecule has 2 N–H and O–H groups in total. The summed E-state index contributed by atoms with van der Waals surface area (Å²) >= 11 is 1.16. The summed E-state index contributed by atoms with van der Waals surface area (Å²) in [5, 5.41) is 12.5. The lowest BCUT2D eigenvalue weighted by atomic mass is 10.3. The minimum atomic E-state index is -0.905. The van der Waals surface area contributed by atoms with Crippen LogP contribution in [0.5, 0.6) is 5.06 Å². The zero-order valence-electron chi connectivity index (χ0n) is 7.03. The number of carbonyl (C=O) groups is 1. The Balaban J connectivity index is 2.33. The maximum Gasteiger partial charge on any atom is 0.346 e. The molecule has 2 rings (SSSR count). The molecule has 0 aromatic carbocycles. The maximum atomic E-state index is 10.6. The van der Waals surface area contributed by atoms with Gasteiger partial charge in [0, 0.05) is 0 Å². The first-order valence-corrected chi connectivity index (χ1v) is 4.76. The van der Waals surface area contributed by atoms with Crippen molar-refractivity contribution in [3.63, 3.8) is 0 Å². The molecule has 0 saturated carbocycles. The molecule has 5 heteroatoms. The molecule has 2 heterocycles. The van der Waals surface area contributed by atoms with Gasteiger partial charge < -0.3 is 15.2 Å². The van der Waals surface area contributed by atoms with E-state index in [0.29, 0.717) is 9.94 Å². The summed E-state index contributed by atoms with van der Waals surface area (Å²) in [4.78, 5) is 10.9. The number of carboxylic acids is 1. The van der Waals surface area contributed by atoms with Gasteiger partial charge in [-0.15, -0.1) is 0 Å². The lowest BCUT2D eigenvalue weighted by Gasteiger charge is -2.21. The molecule has 13 heavy (non-hydrogen) atoms. The molecule has 1 aromatic heterocycles. The third-order valence-electron chi connectivity index (χ3n) is 1.80. The first-order chi connectivity index (χ1) is 6.16. The van der Waals surface area contributed by atoms with Gasteiger partial charge in [0.15, 0.2) is 5.06 Å². The van der Waals surface area contributed by atoms with Crippen LogP contribution in [0.2, 0.25) is 0 Å². The Hall–Kier alpha value is -1.23. The van der Waals surface area contributed by atoms with Crippen molar-refractivity contribution >= 4 is 23.0 Å². The summed E-state index contributed by atoms with van der Waals surface area (Å²) in [5.41, 5.74) is 0.792. The van der Waals surface area contributed by atoms with Gasteiger partial charge in [-0.3, -0.25) is 0 Å². The first kappa shape index (κ1) is 8.37. The average molecular weight is 199 g/mol. The van der Waals surface area contributed by atoms with Crippen LogP contribution in [0, 0.1) is 0 Å². The number of carboxylic acid groups (broad SMARTS) is 1. The highest BCUT2D eigenvalue weighted by atomic mass is 32.1. The quantitative estimate of drug-likeness (QED) is 0.721. The molecule has 1 aromatic rings. The van der Waals surface area contributed by atoms with Gasteiger partial charge in [0.25, 0.3) is 0 Å². The Morgan fingerprint density at radius 3 is 3.31 bits per heavy atom. The van der Waals surface area contributed by atoms with Crippen molar-refractivity contribution < 1.29 is 14.6 Å². The molecular formula is C8H9NO3S. The van der Waals surface area contributed by atoms with Gasteiger partial charge in [0.1, 0.15) is 11.0 Å². The van der Waals surface area contributed by atoms with Crippen LogP contribution in [0.4, 0.5) is 5.69 Å². The van der Waals surface area contributed by atoms with E-state index in [0.717, 1.165) is 23.6 Å². The number of hydrogen-bond donors (Lipinski definition) is 2. The first-order valence-electron chi connectivity index (χ1n) is 3.94. The molecule has 0 radical (unpaired) electrons. The fourth-order valence-corrected chi connectivity index (χ4v) is 2.09. The van der Waals surface area contributed by atoms with E-state index in [1.165, 1.54) is 0 Å². The third kappa shape index (κ3) is 1.47. The number of anilines is 1. The van der Waals surface area contributed by atoms with E-state index in [2.05, 4.69) is 5.32 Å². The third-order valence-corrected chi connectivity index (χ3v) is 2.81. The smallest absolute Gasteiger partial charge is 0.346 e. The maximum absolute atomic E-state index is 10.6. The Kier molecular flexibility index (Phi) is 1.88. The van der Waals surface area contributed by atoms with E-state index >= 15 is 0 Å². The van der Waals surface area contributed by atoms with Crippen LogP contribution in [0.1, 0.15) is 16.6 Å². The van der Waals surface area contributed by atoms with E-state index in [9.17, 15) is 4.79 Å². The number of fused-ring (bicyclic) bond motifs is 1. The Bertz CT molecular complexity index is 347. The molecular weight excluding hydrogens is 190 g/mol. The van der Waals surface area contributed by atoms with Gasteiger partial charge in [0.2, 0.25) is 0 Å². The van der Waals surface area contributed by atoms with Crippen LogP contribution in [-0.4, -0.2) is 23.7 Å². The molecule has 1 unspecified atom stereocenters. The molecule has 0 saturated heterocycles. The summed E-state index contributed by atoms with van der Waals surface area (Å²) in [6, 6.07) is 1.61. The van der Waals surface area contributed by atoms with Crippen molar-refractivity contribution in [1.29, 1.82) is 0 Å². The van der Waals surface area contributed by atoms with Gasteiger partial charge in [-0.05, 0) is 13.0 Å². The fourth-order valence-electron chi connectivity index (χ4n) is 1.17. The second kappa shape index (κ2) is 2.92. The van der Waals surface area contributed by atoms with Crippen molar-refractivity contribution in [1.82, 2.24) is 0 Å². The standard InChI is InChI=1S/C8H9NO3S/c1-4-3-9-5-2-6(7(10)11)13-8(5)12-4/h2,4,9H,3H2,1H3,(H,10,11). The van der Waals surface area contributed by atoms with E-state index in [1.807, 2.05) is 6.92 Å². The molecule has 0 amide bonds. The fraction of sp³-hybridized carbons (Fsp3) is 0.375. The highest BCUT2D eigenvalue weighted by Gasteiger charge is 2.20. The number of rotatable bonds is 1. The summed E-state index contributed by atoms with van der Waals surface area (Å²) in [6.45, 7) is 2.67. The predicted molar refractivity (Wildman–Crippen MR) is 49.9 cm³/mol. The van der Waals surface area contributed by atoms with Gasteiger partial charge in [-0.25, -0.2) is 4.79 Å². The van der Waals surface area contributed by atoms with E-state index < -0.39 is 5.97 Å². The molecule has 0 fully saturated rings. The Morgan fingerprint density at radius 1 is 1.85 bits per heavy atom. The van der Waals surface area contributed by atoms with Crippen LogP contribution in [0.25, 0.3) is 0 Å². The summed E-state index contributed by atoms with van der Waals surface area (Å²) in [7, 11) is 0. The highest BCUT2D eigenvalue weighted by molar-refractivity contribution is 7.16. The molecule has 0 spiro atoms. The van der Waals surface area contributed by atoms with Crippen molar-refractivity contribution in [2.75, 3.05) is 11.9 Å². The normalized spacial score (nSPS) is 19.9. The second-order valence-corrected chi connectivity index (χ2v) is 3.94. The van der Waals surface area contributed by atoms with Crippen LogP contribution in [0.15, 0.2) is 6.07 Å². The highest BCUT2D eigenvalue weighted by Crippen LogP contribution is 2.38. The number of nitrogens with one attached hydrogen (secondary N) is 1. The topological polar surface area (TPSA) is 58.6 Å². The SMILES string of the molecule is CC1CNc2cc(C(=O)O)sc2O1. The number of aromatic carboxylic acids is 1. The van der Waals surface area contributed by atoms with Gasteiger partial charge in [-0.2, -0.15) is 0 Å². The number of thiophene rings is 1. The van der Waals surface area contributed by atoms with Gasteiger partial charge in [0.05, 0.1) is 12.2 Å².